The number of rotatable bonds is 4. The number of likely N-dealkylation sites (tertiary alicyclic amines) is 1. The van der Waals surface area contributed by atoms with Gasteiger partial charge in [0, 0.05) is 31.6 Å². The molecule has 0 aliphatic carbocycles. The minimum Gasteiger partial charge on any atom is -0.474 e. The topological polar surface area (TPSA) is 47.4 Å². The molecule has 20 heavy (non-hydrogen) atoms. The second-order valence-electron chi connectivity index (χ2n) is 3.54. The SMILES string of the molecule is C=CN1CCCC1=O.C=COC=C.C=Cn1ccnc1. The molecule has 108 valence electrons. The molecule has 0 N–H and O–H groups in total. The summed E-state index contributed by atoms with van der Waals surface area (Å²) in [5.74, 6) is 0.208. The number of carbonyl (C=O) groups is 1. The van der Waals surface area contributed by atoms with Crippen LogP contribution in [0.25, 0.3) is 6.20 Å². The molecule has 0 bridgehead atoms. The highest BCUT2D eigenvalue weighted by Gasteiger charge is 2.15. The number of carbonyl (C=O) groups excluding carboxylic acids is 1. The number of amides is 1. The molecule has 5 nitrogen and oxygen atoms in total. The fourth-order valence-electron chi connectivity index (χ4n) is 1.31. The summed E-state index contributed by atoms with van der Waals surface area (Å²) in [6.07, 6.45) is 12.8. The largest absolute Gasteiger partial charge is 0.474 e. The van der Waals surface area contributed by atoms with Crippen LogP contribution in [0.15, 0.2) is 63.8 Å². The van der Waals surface area contributed by atoms with Gasteiger partial charge in [-0.25, -0.2) is 4.98 Å². The van der Waals surface area contributed by atoms with Crippen molar-refractivity contribution >= 4 is 12.1 Å². The third kappa shape index (κ3) is 7.71. The van der Waals surface area contributed by atoms with Gasteiger partial charge in [0.15, 0.2) is 0 Å². The lowest BCUT2D eigenvalue weighted by Crippen LogP contribution is -2.16. The fourth-order valence-corrected chi connectivity index (χ4v) is 1.31. The van der Waals surface area contributed by atoms with Crippen molar-refractivity contribution in [2.75, 3.05) is 6.54 Å². The number of aromatic nitrogens is 2. The molecule has 0 radical (unpaired) electrons. The lowest BCUT2D eigenvalue weighted by molar-refractivity contribution is -0.125. The minimum atomic E-state index is 0.208. The summed E-state index contributed by atoms with van der Waals surface area (Å²) in [6, 6.07) is 0. The molecule has 2 rings (SSSR count). The number of hydrogen-bond donors (Lipinski definition) is 0. The average molecular weight is 275 g/mol. The van der Waals surface area contributed by atoms with Crippen molar-refractivity contribution in [2.24, 2.45) is 0 Å². The molecule has 1 aromatic rings. The van der Waals surface area contributed by atoms with Gasteiger partial charge in [-0.15, -0.1) is 0 Å². The van der Waals surface area contributed by atoms with E-state index in [4.69, 9.17) is 0 Å². The van der Waals surface area contributed by atoms with E-state index in [1.165, 1.54) is 12.5 Å². The zero-order valence-electron chi connectivity index (χ0n) is 11.6. The summed E-state index contributed by atoms with van der Waals surface area (Å²) in [5, 5.41) is 0. The third-order valence-electron chi connectivity index (χ3n) is 2.26. The highest BCUT2D eigenvalue weighted by molar-refractivity contribution is 5.78. The van der Waals surface area contributed by atoms with Gasteiger partial charge in [0.25, 0.3) is 0 Å². The number of ether oxygens (including phenoxy) is 1. The highest BCUT2D eigenvalue weighted by Crippen LogP contribution is 2.08. The van der Waals surface area contributed by atoms with Crippen LogP contribution in [0.3, 0.4) is 0 Å². The van der Waals surface area contributed by atoms with Crippen molar-refractivity contribution < 1.29 is 9.53 Å². The van der Waals surface area contributed by atoms with Crippen LogP contribution in [0.4, 0.5) is 0 Å². The van der Waals surface area contributed by atoms with Crippen molar-refractivity contribution in [3.8, 4) is 0 Å². The molecule has 1 saturated heterocycles. The molecule has 5 heteroatoms. The Balaban J connectivity index is 0.000000280. The van der Waals surface area contributed by atoms with Crippen LogP contribution in [-0.4, -0.2) is 26.9 Å². The lowest BCUT2D eigenvalue weighted by atomic mass is 10.4. The first-order valence-corrected chi connectivity index (χ1v) is 6.08. The Hall–Kier alpha value is -2.56. The second-order valence-corrected chi connectivity index (χ2v) is 3.54. The van der Waals surface area contributed by atoms with Gasteiger partial charge in [0.1, 0.15) is 0 Å². The van der Waals surface area contributed by atoms with Crippen LogP contribution >= 0.6 is 0 Å². The van der Waals surface area contributed by atoms with Crippen molar-refractivity contribution in [3.63, 3.8) is 0 Å². The van der Waals surface area contributed by atoms with Crippen LogP contribution in [0.5, 0.6) is 0 Å². The van der Waals surface area contributed by atoms with E-state index in [9.17, 15) is 4.79 Å². The Morgan fingerprint density at radius 3 is 2.10 bits per heavy atom. The van der Waals surface area contributed by atoms with Gasteiger partial charge in [-0.2, -0.15) is 0 Å². The summed E-state index contributed by atoms with van der Waals surface area (Å²) in [6.45, 7) is 14.4. The molecule has 1 amide bonds. The summed E-state index contributed by atoms with van der Waals surface area (Å²) in [4.78, 5) is 16.1. The van der Waals surface area contributed by atoms with Gasteiger partial charge in [0.2, 0.25) is 5.91 Å². The molecule has 1 aromatic heterocycles. The summed E-state index contributed by atoms with van der Waals surface area (Å²) in [7, 11) is 0. The van der Waals surface area contributed by atoms with Crippen LogP contribution in [0, 0.1) is 0 Å². The van der Waals surface area contributed by atoms with E-state index in [0.29, 0.717) is 6.42 Å². The number of nitrogens with zero attached hydrogens (tertiary/aromatic N) is 3. The number of hydrogen-bond acceptors (Lipinski definition) is 3. The predicted octanol–water partition coefficient (Wildman–Crippen LogP) is 3.03. The van der Waals surface area contributed by atoms with Crippen LogP contribution < -0.4 is 0 Å². The molecule has 1 fully saturated rings. The zero-order valence-corrected chi connectivity index (χ0v) is 11.6. The Morgan fingerprint density at radius 1 is 1.20 bits per heavy atom. The standard InChI is InChI=1S/C6H9NO.C5H6N2.C4H6O/c1-2-7-5-3-4-6(7)8;1-2-7-4-3-6-5-7;1-3-5-4-2/h2H,1,3-5H2;2-5H,1H2;3-4H,1-2H2. The molecule has 1 aliphatic heterocycles. The maximum atomic E-state index is 10.7. The maximum absolute atomic E-state index is 10.7. The third-order valence-corrected chi connectivity index (χ3v) is 2.26. The molecule has 1 aliphatic rings. The van der Waals surface area contributed by atoms with E-state index in [2.05, 4.69) is 36.0 Å². The van der Waals surface area contributed by atoms with Gasteiger partial charge in [-0.3, -0.25) is 4.79 Å². The fraction of sp³-hybridized carbons (Fsp3) is 0.200. The Kier molecular flexibility index (Phi) is 10.1. The van der Waals surface area contributed by atoms with Gasteiger partial charge < -0.3 is 14.2 Å². The Morgan fingerprint density at radius 2 is 1.90 bits per heavy atom. The smallest absolute Gasteiger partial charge is 0.226 e. The molecule has 0 atom stereocenters. The molecular weight excluding hydrogens is 254 g/mol. The summed E-state index contributed by atoms with van der Waals surface area (Å²) >= 11 is 0. The van der Waals surface area contributed by atoms with E-state index in [0.717, 1.165) is 13.0 Å². The van der Waals surface area contributed by atoms with Crippen molar-refractivity contribution in [3.05, 3.63) is 63.8 Å². The first kappa shape index (κ1) is 17.4. The van der Waals surface area contributed by atoms with Crippen molar-refractivity contribution in [2.45, 2.75) is 12.8 Å². The minimum absolute atomic E-state index is 0.208. The van der Waals surface area contributed by atoms with Crippen LogP contribution in [0.1, 0.15) is 12.8 Å². The maximum Gasteiger partial charge on any atom is 0.226 e. The predicted molar refractivity (Wildman–Crippen MR) is 81.2 cm³/mol. The molecule has 0 saturated carbocycles. The summed E-state index contributed by atoms with van der Waals surface area (Å²) in [5.41, 5.74) is 0. The van der Waals surface area contributed by atoms with Crippen LogP contribution in [-0.2, 0) is 9.53 Å². The monoisotopic (exact) mass is 275 g/mol. The van der Waals surface area contributed by atoms with E-state index in [1.54, 1.807) is 34.4 Å². The Bertz CT molecular complexity index is 418. The molecule has 0 spiro atoms. The molecule has 0 aromatic carbocycles. The van der Waals surface area contributed by atoms with Crippen molar-refractivity contribution in [1.82, 2.24) is 14.5 Å². The number of imidazole rings is 1. The van der Waals surface area contributed by atoms with E-state index in [-0.39, 0.29) is 5.91 Å². The van der Waals surface area contributed by atoms with Gasteiger partial charge >= 0.3 is 0 Å². The van der Waals surface area contributed by atoms with Gasteiger partial charge in [0.05, 0.1) is 18.9 Å². The second kappa shape index (κ2) is 11.5. The average Bonchev–Trinajstić information content (AvgIpc) is 3.11. The van der Waals surface area contributed by atoms with E-state index < -0.39 is 0 Å². The van der Waals surface area contributed by atoms with E-state index >= 15 is 0 Å². The normalized spacial score (nSPS) is 12.2. The zero-order chi connectivity index (χ0) is 15.2. The van der Waals surface area contributed by atoms with Crippen LogP contribution in [0.2, 0.25) is 0 Å². The van der Waals surface area contributed by atoms with E-state index in [1.807, 2.05) is 6.20 Å². The van der Waals surface area contributed by atoms with Gasteiger partial charge in [-0.1, -0.05) is 26.3 Å². The first-order chi connectivity index (χ1) is 9.69. The molecule has 2 heterocycles. The first-order valence-electron chi connectivity index (χ1n) is 6.08. The Labute approximate surface area is 120 Å². The highest BCUT2D eigenvalue weighted by atomic mass is 16.5. The lowest BCUT2D eigenvalue weighted by Gasteiger charge is -2.05. The summed E-state index contributed by atoms with van der Waals surface area (Å²) < 4.78 is 6.14. The van der Waals surface area contributed by atoms with Gasteiger partial charge in [-0.05, 0) is 12.6 Å². The molecular formula is C15H21N3O2. The quantitative estimate of drug-likeness (QED) is 0.793. The molecule has 0 unspecified atom stereocenters. The van der Waals surface area contributed by atoms with Crippen molar-refractivity contribution in [1.29, 1.82) is 0 Å².